The summed E-state index contributed by atoms with van der Waals surface area (Å²) in [7, 11) is 0. The van der Waals surface area contributed by atoms with Gasteiger partial charge < -0.3 is 14.6 Å². The van der Waals surface area contributed by atoms with E-state index in [-0.39, 0.29) is 11.6 Å². The fourth-order valence-electron chi connectivity index (χ4n) is 3.41. The van der Waals surface area contributed by atoms with E-state index in [0.717, 1.165) is 31.8 Å². The molecule has 0 aliphatic rings. The Morgan fingerprint density at radius 1 is 0.781 bits per heavy atom. The maximum atomic E-state index is 13.5. The van der Waals surface area contributed by atoms with Crippen molar-refractivity contribution in [3.8, 4) is 33.4 Å². The molecule has 32 heavy (non-hydrogen) atoms. The molecule has 0 radical (unpaired) electrons. The largest absolute Gasteiger partial charge is 0.508 e. The molecule has 5 rings (SSSR count). The number of thiophene rings is 1. The fraction of sp³-hybridized carbons (Fsp3) is 0.0370. The maximum absolute atomic E-state index is 13.5. The van der Waals surface area contributed by atoms with Crippen LogP contribution in [-0.4, -0.2) is 5.11 Å². The lowest BCUT2D eigenvalue weighted by molar-refractivity contribution is 0.306. The number of benzene rings is 4. The van der Waals surface area contributed by atoms with Gasteiger partial charge in [-0.15, -0.1) is 11.3 Å². The summed E-state index contributed by atoms with van der Waals surface area (Å²) >= 11 is 1.56. The first kappa shape index (κ1) is 20.1. The van der Waals surface area contributed by atoms with Gasteiger partial charge in [-0.05, 0) is 65.7 Å². The van der Waals surface area contributed by atoms with Crippen molar-refractivity contribution in [2.75, 3.05) is 0 Å². The highest BCUT2D eigenvalue weighted by atomic mass is 32.1. The molecule has 5 heteroatoms. The van der Waals surface area contributed by atoms with E-state index >= 15 is 0 Å². The summed E-state index contributed by atoms with van der Waals surface area (Å²) in [6.07, 6.45) is 0. The van der Waals surface area contributed by atoms with Gasteiger partial charge in [-0.1, -0.05) is 42.5 Å². The second kappa shape index (κ2) is 8.73. The fourth-order valence-corrected chi connectivity index (χ4v) is 4.57. The number of rotatable bonds is 6. The van der Waals surface area contributed by atoms with Gasteiger partial charge in [0.2, 0.25) is 0 Å². The molecular formula is C27H19FO3S. The van der Waals surface area contributed by atoms with E-state index in [0.29, 0.717) is 18.1 Å². The second-order valence-corrected chi connectivity index (χ2v) is 8.35. The van der Waals surface area contributed by atoms with Crippen LogP contribution >= 0.6 is 11.3 Å². The SMILES string of the molecule is Oc1ccc(Oc2c(-c3ccc(F)cc3)sc3cc(OCc4ccccc4)ccc23)cc1. The molecule has 0 aliphatic carbocycles. The highest BCUT2D eigenvalue weighted by Crippen LogP contribution is 2.47. The third kappa shape index (κ3) is 4.29. The number of ether oxygens (including phenoxy) is 2. The first-order chi connectivity index (χ1) is 15.7. The van der Waals surface area contributed by atoms with E-state index in [1.165, 1.54) is 12.1 Å². The molecule has 0 aliphatic heterocycles. The molecule has 0 atom stereocenters. The van der Waals surface area contributed by atoms with E-state index in [9.17, 15) is 9.50 Å². The van der Waals surface area contributed by atoms with Crippen LogP contribution in [0.4, 0.5) is 4.39 Å². The van der Waals surface area contributed by atoms with Crippen LogP contribution in [0.1, 0.15) is 5.56 Å². The number of hydrogen-bond acceptors (Lipinski definition) is 4. The van der Waals surface area contributed by atoms with Crippen LogP contribution in [0.5, 0.6) is 23.0 Å². The predicted octanol–water partition coefficient (Wildman–Crippen LogP) is 7.78. The molecule has 0 bridgehead atoms. The van der Waals surface area contributed by atoms with Crippen LogP contribution in [0.3, 0.4) is 0 Å². The van der Waals surface area contributed by atoms with Crippen LogP contribution < -0.4 is 9.47 Å². The molecule has 1 heterocycles. The van der Waals surface area contributed by atoms with Gasteiger partial charge in [0.1, 0.15) is 29.7 Å². The highest BCUT2D eigenvalue weighted by molar-refractivity contribution is 7.22. The molecule has 0 saturated heterocycles. The number of hydrogen-bond donors (Lipinski definition) is 1. The lowest BCUT2D eigenvalue weighted by Crippen LogP contribution is -1.94. The van der Waals surface area contributed by atoms with E-state index in [4.69, 9.17) is 9.47 Å². The Hall–Kier alpha value is -3.83. The monoisotopic (exact) mass is 442 g/mol. The van der Waals surface area contributed by atoms with Crippen molar-refractivity contribution < 1.29 is 19.0 Å². The first-order valence-electron chi connectivity index (χ1n) is 10.1. The Labute approximate surface area is 188 Å². The van der Waals surface area contributed by atoms with E-state index in [1.807, 2.05) is 48.5 Å². The highest BCUT2D eigenvalue weighted by Gasteiger charge is 2.17. The minimum Gasteiger partial charge on any atom is -0.508 e. The molecule has 5 aromatic rings. The molecular weight excluding hydrogens is 423 g/mol. The summed E-state index contributed by atoms with van der Waals surface area (Å²) in [5.74, 6) is 1.95. The lowest BCUT2D eigenvalue weighted by Gasteiger charge is -2.09. The zero-order valence-corrected chi connectivity index (χ0v) is 17.8. The number of phenolic OH excluding ortho intramolecular Hbond substituents is 1. The summed E-state index contributed by atoms with van der Waals surface area (Å²) < 4.78 is 26.7. The minimum absolute atomic E-state index is 0.173. The summed E-state index contributed by atoms with van der Waals surface area (Å²) in [4.78, 5) is 0.897. The minimum atomic E-state index is -0.285. The predicted molar refractivity (Wildman–Crippen MR) is 126 cm³/mol. The smallest absolute Gasteiger partial charge is 0.153 e. The molecule has 0 fully saturated rings. The van der Waals surface area contributed by atoms with Gasteiger partial charge in [-0.3, -0.25) is 0 Å². The quantitative estimate of drug-likeness (QED) is 0.292. The maximum Gasteiger partial charge on any atom is 0.153 e. The molecule has 0 spiro atoms. The van der Waals surface area contributed by atoms with Crippen LogP contribution in [0, 0.1) is 5.82 Å². The van der Waals surface area contributed by atoms with Crippen LogP contribution in [0.2, 0.25) is 0 Å². The second-order valence-electron chi connectivity index (χ2n) is 7.30. The average molecular weight is 443 g/mol. The number of fused-ring (bicyclic) bond motifs is 1. The zero-order chi connectivity index (χ0) is 21.9. The van der Waals surface area contributed by atoms with Crippen molar-refractivity contribution >= 4 is 21.4 Å². The number of halogens is 1. The molecule has 158 valence electrons. The third-order valence-corrected chi connectivity index (χ3v) is 6.21. The summed E-state index contributed by atoms with van der Waals surface area (Å²) in [6.45, 7) is 0.486. The molecule has 0 unspecified atom stereocenters. The summed E-state index contributed by atoms with van der Waals surface area (Å²) in [5, 5.41) is 10.5. The average Bonchev–Trinajstić information content (AvgIpc) is 3.18. The molecule has 0 amide bonds. The summed E-state index contributed by atoms with van der Waals surface area (Å²) in [6, 6.07) is 28.9. The van der Waals surface area contributed by atoms with Gasteiger partial charge in [0.25, 0.3) is 0 Å². The van der Waals surface area contributed by atoms with Crippen molar-refractivity contribution in [2.24, 2.45) is 0 Å². The zero-order valence-electron chi connectivity index (χ0n) is 17.0. The van der Waals surface area contributed by atoms with E-state index < -0.39 is 0 Å². The molecule has 3 nitrogen and oxygen atoms in total. The Morgan fingerprint density at radius 2 is 1.50 bits per heavy atom. The van der Waals surface area contributed by atoms with Crippen LogP contribution in [0.25, 0.3) is 20.5 Å². The van der Waals surface area contributed by atoms with Crippen LogP contribution in [0.15, 0.2) is 97.1 Å². The standard InChI is InChI=1S/C27H19FO3S/c28-20-8-6-19(7-9-20)27-26(31-22-12-10-21(29)11-13-22)24-15-14-23(16-25(24)32-27)30-17-18-4-2-1-3-5-18/h1-16,29H,17H2. The third-order valence-electron chi connectivity index (χ3n) is 5.03. The Kier molecular flexibility index (Phi) is 5.48. The van der Waals surface area contributed by atoms with Crippen molar-refractivity contribution in [1.29, 1.82) is 0 Å². The molecule has 4 aromatic carbocycles. The number of aromatic hydroxyl groups is 1. The topological polar surface area (TPSA) is 38.7 Å². The van der Waals surface area contributed by atoms with Crippen molar-refractivity contribution in [3.05, 3.63) is 108 Å². The van der Waals surface area contributed by atoms with Gasteiger partial charge in [0.05, 0.1) is 4.88 Å². The van der Waals surface area contributed by atoms with Gasteiger partial charge in [0.15, 0.2) is 5.75 Å². The molecule has 0 saturated carbocycles. The lowest BCUT2D eigenvalue weighted by atomic mass is 10.1. The van der Waals surface area contributed by atoms with Gasteiger partial charge in [0, 0.05) is 10.1 Å². The number of phenols is 1. The molecule has 1 N–H and O–H groups in total. The van der Waals surface area contributed by atoms with Crippen molar-refractivity contribution in [2.45, 2.75) is 6.61 Å². The summed E-state index contributed by atoms with van der Waals surface area (Å²) in [5.41, 5.74) is 1.97. The Bertz CT molecular complexity index is 1340. The first-order valence-corrected chi connectivity index (χ1v) is 10.9. The van der Waals surface area contributed by atoms with Crippen molar-refractivity contribution in [1.82, 2.24) is 0 Å². The van der Waals surface area contributed by atoms with Gasteiger partial charge in [-0.25, -0.2) is 4.39 Å². The normalized spacial score (nSPS) is 10.9. The molecule has 1 aromatic heterocycles. The van der Waals surface area contributed by atoms with Crippen molar-refractivity contribution in [3.63, 3.8) is 0 Å². The van der Waals surface area contributed by atoms with E-state index in [1.54, 1.807) is 47.7 Å². The van der Waals surface area contributed by atoms with Gasteiger partial charge in [-0.2, -0.15) is 0 Å². The van der Waals surface area contributed by atoms with E-state index in [2.05, 4.69) is 0 Å². The Morgan fingerprint density at radius 3 is 2.25 bits per heavy atom. The Balaban J connectivity index is 1.53. The van der Waals surface area contributed by atoms with Gasteiger partial charge >= 0.3 is 0 Å². The van der Waals surface area contributed by atoms with Crippen LogP contribution in [-0.2, 0) is 6.61 Å².